The van der Waals surface area contributed by atoms with Crippen LogP contribution in [0.4, 0.5) is 5.69 Å². The first-order valence-corrected chi connectivity index (χ1v) is 8.72. The predicted molar refractivity (Wildman–Crippen MR) is 92.8 cm³/mol. The molecule has 1 aliphatic rings. The van der Waals surface area contributed by atoms with E-state index in [2.05, 4.69) is 5.32 Å². The Kier molecular flexibility index (Phi) is 4.76. The molecule has 120 valence electrons. The summed E-state index contributed by atoms with van der Waals surface area (Å²) in [5, 5.41) is 4.87. The van der Waals surface area contributed by atoms with Crippen molar-refractivity contribution in [2.45, 2.75) is 19.8 Å². The Morgan fingerprint density at radius 1 is 1.26 bits per heavy atom. The van der Waals surface area contributed by atoms with Gasteiger partial charge in [-0.3, -0.25) is 9.59 Å². The van der Waals surface area contributed by atoms with Gasteiger partial charge in [-0.1, -0.05) is 18.2 Å². The molecule has 1 saturated heterocycles. The quantitative estimate of drug-likeness (QED) is 0.937. The van der Waals surface area contributed by atoms with Gasteiger partial charge in [0.25, 0.3) is 5.91 Å². The molecule has 4 nitrogen and oxygen atoms in total. The van der Waals surface area contributed by atoms with E-state index in [0.717, 1.165) is 35.5 Å². The van der Waals surface area contributed by atoms with Crippen LogP contribution in [0.1, 0.15) is 28.1 Å². The molecular formula is C18H20N2O2S. The lowest BCUT2D eigenvalue weighted by atomic mass is 9.96. The first-order chi connectivity index (χ1) is 11.1. The summed E-state index contributed by atoms with van der Waals surface area (Å²) in [6.45, 7) is 3.22. The predicted octanol–water partition coefficient (Wildman–Crippen LogP) is 3.55. The molecule has 1 aromatic carbocycles. The topological polar surface area (TPSA) is 49.4 Å². The van der Waals surface area contributed by atoms with Crippen molar-refractivity contribution in [1.82, 2.24) is 4.90 Å². The minimum absolute atomic E-state index is 0.000667. The van der Waals surface area contributed by atoms with Crippen LogP contribution >= 0.6 is 11.3 Å². The number of amides is 2. The van der Waals surface area contributed by atoms with E-state index in [1.807, 2.05) is 48.7 Å². The molecule has 0 aliphatic carbocycles. The monoisotopic (exact) mass is 328 g/mol. The highest BCUT2D eigenvalue weighted by molar-refractivity contribution is 7.12. The molecule has 3 rings (SSSR count). The number of anilines is 1. The van der Waals surface area contributed by atoms with Gasteiger partial charge in [-0.15, -0.1) is 11.3 Å². The van der Waals surface area contributed by atoms with E-state index < -0.39 is 0 Å². The number of thiophene rings is 1. The highest BCUT2D eigenvalue weighted by atomic mass is 32.1. The van der Waals surface area contributed by atoms with E-state index in [-0.39, 0.29) is 17.7 Å². The van der Waals surface area contributed by atoms with Gasteiger partial charge >= 0.3 is 0 Å². The Labute approximate surface area is 140 Å². The SMILES string of the molecule is Cc1cccc(NC(=O)C2CCCN(C(=O)c3cccs3)C2)c1. The van der Waals surface area contributed by atoms with Crippen molar-refractivity contribution in [3.05, 3.63) is 52.2 Å². The third kappa shape index (κ3) is 3.79. The molecular weight excluding hydrogens is 308 g/mol. The summed E-state index contributed by atoms with van der Waals surface area (Å²) >= 11 is 1.45. The lowest BCUT2D eigenvalue weighted by Crippen LogP contribution is -2.43. The Morgan fingerprint density at radius 2 is 2.13 bits per heavy atom. The zero-order valence-electron chi connectivity index (χ0n) is 13.1. The minimum atomic E-state index is -0.145. The van der Waals surface area contributed by atoms with Crippen molar-refractivity contribution in [3.8, 4) is 0 Å². The Hall–Kier alpha value is -2.14. The number of carbonyl (C=O) groups is 2. The summed E-state index contributed by atoms with van der Waals surface area (Å²) in [7, 11) is 0. The second-order valence-electron chi connectivity index (χ2n) is 5.93. The van der Waals surface area contributed by atoms with Crippen LogP contribution in [0.5, 0.6) is 0 Å². The standard InChI is InChI=1S/C18H20N2O2S/c1-13-5-2-7-15(11-13)19-17(21)14-6-3-9-20(12-14)18(22)16-8-4-10-23-16/h2,4-5,7-8,10-11,14H,3,6,9,12H2,1H3,(H,19,21). The fourth-order valence-corrected chi connectivity index (χ4v) is 3.59. The first kappa shape index (κ1) is 15.7. The highest BCUT2D eigenvalue weighted by Gasteiger charge is 2.29. The normalized spacial score (nSPS) is 17.8. The lowest BCUT2D eigenvalue weighted by Gasteiger charge is -2.31. The molecule has 1 atom stereocenters. The summed E-state index contributed by atoms with van der Waals surface area (Å²) in [6, 6.07) is 11.5. The number of hydrogen-bond donors (Lipinski definition) is 1. The average Bonchev–Trinajstić information content (AvgIpc) is 3.09. The zero-order valence-corrected chi connectivity index (χ0v) is 13.9. The summed E-state index contributed by atoms with van der Waals surface area (Å²) in [5.41, 5.74) is 1.93. The summed E-state index contributed by atoms with van der Waals surface area (Å²) in [5.74, 6) is -0.111. The van der Waals surface area contributed by atoms with Gasteiger partial charge in [0.1, 0.15) is 0 Å². The number of rotatable bonds is 3. The molecule has 0 saturated carbocycles. The van der Waals surface area contributed by atoms with E-state index in [1.54, 1.807) is 4.90 Å². The van der Waals surface area contributed by atoms with Crippen LogP contribution in [0.3, 0.4) is 0 Å². The summed E-state index contributed by atoms with van der Waals surface area (Å²) in [4.78, 5) is 27.5. The van der Waals surface area contributed by atoms with Crippen molar-refractivity contribution in [1.29, 1.82) is 0 Å². The van der Waals surface area contributed by atoms with Crippen molar-refractivity contribution >= 4 is 28.8 Å². The zero-order chi connectivity index (χ0) is 16.2. The van der Waals surface area contributed by atoms with E-state index in [4.69, 9.17) is 0 Å². The molecule has 0 radical (unpaired) electrons. The van der Waals surface area contributed by atoms with Crippen LogP contribution in [0.15, 0.2) is 41.8 Å². The molecule has 5 heteroatoms. The van der Waals surface area contributed by atoms with Gasteiger partial charge in [0.15, 0.2) is 0 Å². The fraction of sp³-hybridized carbons (Fsp3) is 0.333. The van der Waals surface area contributed by atoms with Crippen LogP contribution in [0.25, 0.3) is 0 Å². The van der Waals surface area contributed by atoms with E-state index >= 15 is 0 Å². The van der Waals surface area contributed by atoms with Crippen LogP contribution in [0, 0.1) is 12.8 Å². The Balaban J connectivity index is 1.64. The fourth-order valence-electron chi connectivity index (χ4n) is 2.90. The molecule has 1 aliphatic heterocycles. The van der Waals surface area contributed by atoms with Gasteiger partial charge in [-0.05, 0) is 48.9 Å². The van der Waals surface area contributed by atoms with Gasteiger partial charge in [-0.2, -0.15) is 0 Å². The molecule has 23 heavy (non-hydrogen) atoms. The maximum atomic E-state index is 12.5. The van der Waals surface area contributed by atoms with Crippen molar-refractivity contribution in [2.24, 2.45) is 5.92 Å². The largest absolute Gasteiger partial charge is 0.337 e. The number of carbonyl (C=O) groups excluding carboxylic acids is 2. The maximum Gasteiger partial charge on any atom is 0.263 e. The second kappa shape index (κ2) is 6.96. The number of benzene rings is 1. The number of piperidine rings is 1. The van der Waals surface area contributed by atoms with Crippen LogP contribution in [0.2, 0.25) is 0 Å². The number of likely N-dealkylation sites (tertiary alicyclic amines) is 1. The number of hydrogen-bond acceptors (Lipinski definition) is 3. The summed E-state index contributed by atoms with van der Waals surface area (Å²) in [6.07, 6.45) is 1.69. The van der Waals surface area contributed by atoms with Crippen molar-refractivity contribution < 1.29 is 9.59 Å². The van der Waals surface area contributed by atoms with E-state index in [9.17, 15) is 9.59 Å². The van der Waals surface area contributed by atoms with Crippen LogP contribution in [-0.2, 0) is 4.79 Å². The van der Waals surface area contributed by atoms with Crippen molar-refractivity contribution in [3.63, 3.8) is 0 Å². The molecule has 1 N–H and O–H groups in total. The van der Waals surface area contributed by atoms with Gasteiger partial charge in [0, 0.05) is 18.8 Å². The number of nitrogens with one attached hydrogen (secondary N) is 1. The third-order valence-electron chi connectivity index (χ3n) is 4.10. The van der Waals surface area contributed by atoms with Gasteiger partial charge in [0.05, 0.1) is 10.8 Å². The highest BCUT2D eigenvalue weighted by Crippen LogP contribution is 2.22. The Bertz CT molecular complexity index is 697. The minimum Gasteiger partial charge on any atom is -0.337 e. The molecule has 0 spiro atoms. The van der Waals surface area contributed by atoms with Gasteiger partial charge in [-0.25, -0.2) is 0 Å². The molecule has 1 fully saturated rings. The number of nitrogens with zero attached hydrogens (tertiary/aromatic N) is 1. The average molecular weight is 328 g/mol. The van der Waals surface area contributed by atoms with Gasteiger partial charge < -0.3 is 10.2 Å². The van der Waals surface area contributed by atoms with E-state index in [1.165, 1.54) is 11.3 Å². The molecule has 1 aromatic heterocycles. The molecule has 0 bridgehead atoms. The van der Waals surface area contributed by atoms with Crippen LogP contribution in [-0.4, -0.2) is 29.8 Å². The van der Waals surface area contributed by atoms with Crippen LogP contribution < -0.4 is 5.32 Å². The Morgan fingerprint density at radius 3 is 2.87 bits per heavy atom. The first-order valence-electron chi connectivity index (χ1n) is 7.84. The second-order valence-corrected chi connectivity index (χ2v) is 6.87. The third-order valence-corrected chi connectivity index (χ3v) is 4.95. The summed E-state index contributed by atoms with van der Waals surface area (Å²) < 4.78 is 0. The molecule has 2 aromatic rings. The molecule has 2 heterocycles. The smallest absolute Gasteiger partial charge is 0.263 e. The van der Waals surface area contributed by atoms with Crippen molar-refractivity contribution in [2.75, 3.05) is 18.4 Å². The van der Waals surface area contributed by atoms with E-state index in [0.29, 0.717) is 6.54 Å². The van der Waals surface area contributed by atoms with Gasteiger partial charge in [0.2, 0.25) is 5.91 Å². The molecule has 2 amide bonds. The lowest BCUT2D eigenvalue weighted by molar-refractivity contribution is -0.121. The number of aryl methyl sites for hydroxylation is 1. The molecule has 1 unspecified atom stereocenters. The maximum absolute atomic E-state index is 12.5.